The minimum Gasteiger partial charge on any atom is -0.204 e. The number of nitrogens with zero attached hydrogens (tertiary/aromatic N) is 4. The van der Waals surface area contributed by atoms with E-state index < -0.39 is 23.3 Å². The lowest BCUT2D eigenvalue weighted by atomic mass is 10.0. The summed E-state index contributed by atoms with van der Waals surface area (Å²) in [6.45, 7) is 7.45. The number of rotatable bonds is 2. The van der Waals surface area contributed by atoms with Gasteiger partial charge in [0.1, 0.15) is 0 Å². The molecule has 0 aromatic heterocycles. The van der Waals surface area contributed by atoms with Crippen LogP contribution >= 0.6 is 0 Å². The van der Waals surface area contributed by atoms with Crippen molar-refractivity contribution < 1.29 is 17.6 Å². The van der Waals surface area contributed by atoms with Gasteiger partial charge in [-0.15, -0.1) is 4.95 Å². The van der Waals surface area contributed by atoms with Crippen LogP contribution in [0.2, 0.25) is 0 Å². The standard InChI is InChI=1S/C34H14F4N4/c1-40-42-34-26-11-18(20-5-9-30(36)32(38)13-20)3-7-22(26)24-14-27-23(15-28(24)34)21-6-2-17(10-25(21)33(27)41-16-39)19-4-8-29(35)31(37)12-19/h2-15H/b41-33?,42-34-. The van der Waals surface area contributed by atoms with E-state index >= 15 is 0 Å². The van der Waals surface area contributed by atoms with Gasteiger partial charge in [0.05, 0.1) is 10.5 Å². The van der Waals surface area contributed by atoms with E-state index in [0.717, 1.165) is 45.8 Å². The first-order chi connectivity index (χ1) is 20.4. The molecular weight excluding hydrogens is 540 g/mol. The van der Waals surface area contributed by atoms with Gasteiger partial charge in [0.2, 0.25) is 6.19 Å². The monoisotopic (exact) mass is 554 g/mol. The maximum Gasteiger partial charge on any atom is 0.206 e. The van der Waals surface area contributed by atoms with Crippen molar-refractivity contribution in [3.8, 4) is 28.4 Å². The number of hydrogen-bond acceptors (Lipinski definition) is 3. The average Bonchev–Trinajstić information content (AvgIpc) is 3.46. The summed E-state index contributed by atoms with van der Waals surface area (Å²) in [5.41, 5.74) is 2.21. The van der Waals surface area contributed by atoms with Crippen molar-refractivity contribution >= 4 is 43.1 Å². The highest BCUT2D eigenvalue weighted by Gasteiger charge is 2.18. The molecule has 0 radical (unpaired) electrons. The largest absolute Gasteiger partial charge is 0.206 e. The number of hydrogen-bond donors (Lipinski definition) is 0. The molecule has 8 heteroatoms. The molecule has 0 unspecified atom stereocenters. The molecule has 0 fully saturated rings. The van der Waals surface area contributed by atoms with E-state index in [2.05, 4.69) is 15.0 Å². The first kappa shape index (κ1) is 25.1. The lowest BCUT2D eigenvalue weighted by Crippen LogP contribution is -1.99. The van der Waals surface area contributed by atoms with Gasteiger partial charge < -0.3 is 0 Å². The van der Waals surface area contributed by atoms with E-state index in [4.69, 9.17) is 6.57 Å². The molecule has 0 N–H and O–H groups in total. The smallest absolute Gasteiger partial charge is 0.204 e. The van der Waals surface area contributed by atoms with E-state index in [1.165, 1.54) is 12.1 Å². The van der Waals surface area contributed by atoms with Crippen LogP contribution in [-0.2, 0) is 0 Å². The fourth-order valence-corrected chi connectivity index (χ4v) is 5.72. The van der Waals surface area contributed by atoms with Crippen LogP contribution in [0.3, 0.4) is 0 Å². The Morgan fingerprint density at radius 2 is 0.929 bits per heavy atom. The van der Waals surface area contributed by atoms with Crippen LogP contribution in [0, 0.1) is 41.3 Å². The zero-order chi connectivity index (χ0) is 29.1. The summed E-state index contributed by atoms with van der Waals surface area (Å²) < 4.78 is 55.0. The molecule has 42 heavy (non-hydrogen) atoms. The van der Waals surface area contributed by atoms with Gasteiger partial charge in [-0.2, -0.15) is 16.8 Å². The molecule has 0 aliphatic rings. The molecule has 0 saturated carbocycles. The maximum atomic E-state index is 14.0. The second-order valence-electron chi connectivity index (χ2n) is 9.83. The van der Waals surface area contributed by atoms with Crippen LogP contribution in [0.1, 0.15) is 0 Å². The molecule has 0 spiro atoms. The Morgan fingerprint density at radius 3 is 1.40 bits per heavy atom. The lowest BCUT2D eigenvalue weighted by molar-refractivity contribution is 0.509. The molecule has 0 bridgehead atoms. The van der Waals surface area contributed by atoms with Crippen molar-refractivity contribution in [2.24, 2.45) is 10.1 Å². The Bertz CT molecular complexity index is 2320. The molecule has 7 aromatic rings. The van der Waals surface area contributed by atoms with Gasteiger partial charge in [0, 0.05) is 21.5 Å². The molecule has 0 aliphatic heterocycles. The summed E-state index contributed by atoms with van der Waals surface area (Å²) in [6.07, 6.45) is 1.87. The number of nitriles is 1. The van der Waals surface area contributed by atoms with E-state index in [0.29, 0.717) is 54.5 Å². The average molecular weight is 555 g/mol. The molecule has 4 nitrogen and oxygen atoms in total. The first-order valence-electron chi connectivity index (χ1n) is 12.7. The Balaban J connectivity index is 1.53. The van der Waals surface area contributed by atoms with E-state index in [1.54, 1.807) is 24.3 Å². The van der Waals surface area contributed by atoms with Crippen LogP contribution in [0.5, 0.6) is 0 Å². The SMILES string of the molecule is [C-]#[N+]/N=c1/c2cc(-c3ccc(F)c(F)c3)ccc2c2cc3c(=NC#N)c4cc(-c5ccc(F)c(F)c5)ccc4c3cc12. The van der Waals surface area contributed by atoms with Crippen molar-refractivity contribution in [3.05, 3.63) is 130 Å². The molecular formula is C34H14F4N4. The molecule has 0 saturated heterocycles. The third-order valence-corrected chi connectivity index (χ3v) is 7.62. The molecule has 7 aromatic carbocycles. The zero-order valence-corrected chi connectivity index (χ0v) is 21.4. The molecule has 0 aliphatic carbocycles. The highest BCUT2D eigenvalue weighted by Crippen LogP contribution is 2.35. The van der Waals surface area contributed by atoms with E-state index in [-0.39, 0.29) is 0 Å². The van der Waals surface area contributed by atoms with Gasteiger partial charge in [-0.25, -0.2) is 17.6 Å². The molecule has 198 valence electrons. The van der Waals surface area contributed by atoms with Crippen LogP contribution < -0.4 is 10.7 Å². The molecule has 0 amide bonds. The summed E-state index contributed by atoms with van der Waals surface area (Å²) in [6, 6.07) is 22.0. The second kappa shape index (κ2) is 9.36. The third-order valence-electron chi connectivity index (χ3n) is 7.62. The highest BCUT2D eigenvalue weighted by atomic mass is 19.2. The minimum atomic E-state index is -0.961. The van der Waals surface area contributed by atoms with Crippen LogP contribution in [-0.4, -0.2) is 0 Å². The van der Waals surface area contributed by atoms with Crippen molar-refractivity contribution in [1.82, 2.24) is 0 Å². The summed E-state index contributed by atoms with van der Waals surface area (Å²) in [5.74, 6) is -3.80. The predicted molar refractivity (Wildman–Crippen MR) is 153 cm³/mol. The van der Waals surface area contributed by atoms with Gasteiger partial charge in [0.25, 0.3) is 0 Å². The zero-order valence-electron chi connectivity index (χ0n) is 21.4. The topological polar surface area (TPSA) is 52.9 Å². The lowest BCUT2D eigenvalue weighted by Gasteiger charge is -2.03. The summed E-state index contributed by atoms with van der Waals surface area (Å²) in [5, 5.41) is 20.4. The first-order valence-corrected chi connectivity index (χ1v) is 12.7. The van der Waals surface area contributed by atoms with E-state index in [1.807, 2.05) is 30.5 Å². The maximum absolute atomic E-state index is 14.0. The quantitative estimate of drug-likeness (QED) is 0.0920. The predicted octanol–water partition coefficient (Wildman–Crippen LogP) is 8.18. The fraction of sp³-hybridized carbons (Fsp3) is 0. The van der Waals surface area contributed by atoms with Gasteiger partial charge in [-0.05, 0) is 92.3 Å². The van der Waals surface area contributed by atoms with Crippen molar-refractivity contribution in [1.29, 1.82) is 5.26 Å². The second-order valence-corrected chi connectivity index (χ2v) is 9.83. The third kappa shape index (κ3) is 3.74. The van der Waals surface area contributed by atoms with Crippen molar-refractivity contribution in [3.63, 3.8) is 0 Å². The molecule has 7 rings (SSSR count). The van der Waals surface area contributed by atoms with Crippen LogP contribution in [0.25, 0.3) is 70.3 Å². The van der Waals surface area contributed by atoms with Crippen LogP contribution in [0.15, 0.2) is 95.0 Å². The Labute approximate surface area is 234 Å². The Kier molecular flexibility index (Phi) is 5.60. The Hall–Kier alpha value is -5.86. The van der Waals surface area contributed by atoms with Gasteiger partial charge in [0.15, 0.2) is 28.6 Å². The number of halogens is 4. The summed E-state index contributed by atoms with van der Waals surface area (Å²) in [7, 11) is 0. The van der Waals surface area contributed by atoms with Crippen molar-refractivity contribution in [2.75, 3.05) is 0 Å². The summed E-state index contributed by atoms with van der Waals surface area (Å²) in [4.78, 5) is 7.41. The molecule has 0 atom stereocenters. The van der Waals surface area contributed by atoms with Crippen molar-refractivity contribution in [2.45, 2.75) is 0 Å². The molecule has 0 heterocycles. The summed E-state index contributed by atoms with van der Waals surface area (Å²) >= 11 is 0. The van der Waals surface area contributed by atoms with Gasteiger partial charge >= 0.3 is 0 Å². The fourth-order valence-electron chi connectivity index (χ4n) is 5.72. The number of fused-ring (bicyclic) bond motifs is 6. The highest BCUT2D eigenvalue weighted by molar-refractivity contribution is 6.21. The van der Waals surface area contributed by atoms with E-state index in [9.17, 15) is 22.8 Å². The minimum absolute atomic E-state index is 0.435. The van der Waals surface area contributed by atoms with Gasteiger partial charge in [-0.1, -0.05) is 36.4 Å². The van der Waals surface area contributed by atoms with Gasteiger partial charge in [-0.3, -0.25) is 0 Å². The van der Waals surface area contributed by atoms with Crippen LogP contribution in [0.4, 0.5) is 17.6 Å². The Morgan fingerprint density at radius 1 is 0.500 bits per heavy atom. The number of benzene rings is 5. The normalized spacial score (nSPS) is 12.5.